The van der Waals surface area contributed by atoms with Crippen LogP contribution in [0.3, 0.4) is 0 Å². The van der Waals surface area contributed by atoms with E-state index in [0.717, 1.165) is 31.5 Å². The highest BCUT2D eigenvalue weighted by Gasteiger charge is 2.19. The van der Waals surface area contributed by atoms with Gasteiger partial charge in [0.05, 0.1) is 0 Å². The molecule has 2 aromatic heterocycles. The monoisotopic (exact) mass is 297 g/mol. The van der Waals surface area contributed by atoms with E-state index in [9.17, 15) is 4.79 Å². The standard InChI is InChI=1S/C16H19N5O/c22-16(21-7-2-1-3-8-21)14-9-15(20-12-19-14)18-11-13-5-4-6-17-10-13/h4-6,9-10,12H,1-3,7-8,11H2,(H,18,19,20). The van der Waals surface area contributed by atoms with Gasteiger partial charge >= 0.3 is 0 Å². The van der Waals surface area contributed by atoms with Crippen molar-refractivity contribution < 1.29 is 4.79 Å². The number of nitrogens with one attached hydrogen (secondary N) is 1. The molecule has 6 nitrogen and oxygen atoms in total. The number of nitrogens with zero attached hydrogens (tertiary/aromatic N) is 4. The zero-order valence-electron chi connectivity index (χ0n) is 12.4. The lowest BCUT2D eigenvalue weighted by molar-refractivity contribution is 0.0718. The zero-order valence-corrected chi connectivity index (χ0v) is 12.4. The van der Waals surface area contributed by atoms with Gasteiger partial charge in [-0.2, -0.15) is 0 Å². The van der Waals surface area contributed by atoms with E-state index in [2.05, 4.69) is 20.3 Å². The fraction of sp³-hybridized carbons (Fsp3) is 0.375. The Bertz CT molecular complexity index is 625. The molecule has 0 atom stereocenters. The van der Waals surface area contributed by atoms with Crippen molar-refractivity contribution in [1.82, 2.24) is 19.9 Å². The molecule has 0 saturated carbocycles. The molecule has 0 aliphatic carbocycles. The number of pyridine rings is 1. The average Bonchev–Trinajstić information content (AvgIpc) is 2.61. The second-order valence-electron chi connectivity index (χ2n) is 5.36. The van der Waals surface area contributed by atoms with Gasteiger partial charge in [-0.25, -0.2) is 9.97 Å². The molecule has 1 aliphatic rings. The summed E-state index contributed by atoms with van der Waals surface area (Å²) in [5.74, 6) is 0.644. The third-order valence-corrected chi connectivity index (χ3v) is 3.73. The van der Waals surface area contributed by atoms with Crippen LogP contribution in [0.15, 0.2) is 36.9 Å². The van der Waals surface area contributed by atoms with E-state index in [4.69, 9.17) is 0 Å². The lowest BCUT2D eigenvalue weighted by Crippen LogP contribution is -2.36. The zero-order chi connectivity index (χ0) is 15.2. The number of carbonyl (C=O) groups excluding carboxylic acids is 1. The minimum Gasteiger partial charge on any atom is -0.366 e. The fourth-order valence-corrected chi connectivity index (χ4v) is 2.53. The predicted molar refractivity (Wildman–Crippen MR) is 83.4 cm³/mol. The van der Waals surface area contributed by atoms with E-state index >= 15 is 0 Å². The van der Waals surface area contributed by atoms with E-state index in [1.54, 1.807) is 18.5 Å². The van der Waals surface area contributed by atoms with Crippen molar-refractivity contribution in [1.29, 1.82) is 0 Å². The summed E-state index contributed by atoms with van der Waals surface area (Å²) in [7, 11) is 0. The molecule has 114 valence electrons. The number of aromatic nitrogens is 3. The van der Waals surface area contributed by atoms with Crippen LogP contribution in [0.1, 0.15) is 35.3 Å². The molecule has 3 heterocycles. The van der Waals surface area contributed by atoms with Crippen LogP contribution in [0.2, 0.25) is 0 Å². The number of carbonyl (C=O) groups is 1. The number of amides is 1. The van der Waals surface area contributed by atoms with E-state index < -0.39 is 0 Å². The number of anilines is 1. The molecule has 1 aliphatic heterocycles. The Morgan fingerprint density at radius 2 is 2.09 bits per heavy atom. The van der Waals surface area contributed by atoms with E-state index in [0.29, 0.717) is 18.1 Å². The van der Waals surface area contributed by atoms with Crippen LogP contribution in [-0.2, 0) is 6.54 Å². The SMILES string of the molecule is O=C(c1cc(NCc2cccnc2)ncn1)N1CCCCC1. The van der Waals surface area contributed by atoms with Gasteiger partial charge in [-0.05, 0) is 30.9 Å². The molecule has 1 amide bonds. The highest BCUT2D eigenvalue weighted by molar-refractivity contribution is 5.92. The Hall–Kier alpha value is -2.50. The maximum atomic E-state index is 12.4. The third-order valence-electron chi connectivity index (χ3n) is 3.73. The van der Waals surface area contributed by atoms with Gasteiger partial charge < -0.3 is 10.2 Å². The molecule has 1 N–H and O–H groups in total. The highest BCUT2D eigenvalue weighted by atomic mass is 16.2. The van der Waals surface area contributed by atoms with Crippen LogP contribution in [-0.4, -0.2) is 38.8 Å². The molecule has 3 rings (SSSR count). The van der Waals surface area contributed by atoms with Gasteiger partial charge in [0.1, 0.15) is 17.8 Å². The normalized spacial score (nSPS) is 14.6. The molecule has 1 saturated heterocycles. The second kappa shape index (κ2) is 6.98. The van der Waals surface area contributed by atoms with Crippen molar-refractivity contribution >= 4 is 11.7 Å². The van der Waals surface area contributed by atoms with Gasteiger partial charge in [-0.1, -0.05) is 6.07 Å². The maximum absolute atomic E-state index is 12.4. The molecule has 0 bridgehead atoms. The van der Waals surface area contributed by atoms with Crippen LogP contribution in [0, 0.1) is 0 Å². The van der Waals surface area contributed by atoms with Crippen molar-refractivity contribution in [3.8, 4) is 0 Å². The van der Waals surface area contributed by atoms with Crippen molar-refractivity contribution in [2.75, 3.05) is 18.4 Å². The van der Waals surface area contributed by atoms with Gasteiger partial charge in [0, 0.05) is 38.1 Å². The summed E-state index contributed by atoms with van der Waals surface area (Å²) in [6, 6.07) is 5.59. The number of hydrogen-bond donors (Lipinski definition) is 1. The van der Waals surface area contributed by atoms with E-state index in [-0.39, 0.29) is 5.91 Å². The van der Waals surface area contributed by atoms with Gasteiger partial charge in [0.25, 0.3) is 5.91 Å². The summed E-state index contributed by atoms with van der Waals surface area (Å²) in [6.45, 7) is 2.25. The molecule has 6 heteroatoms. The molecular formula is C16H19N5O. The van der Waals surface area contributed by atoms with Crippen molar-refractivity contribution in [3.63, 3.8) is 0 Å². The summed E-state index contributed by atoms with van der Waals surface area (Å²) in [4.78, 5) is 26.6. The topological polar surface area (TPSA) is 71.0 Å². The smallest absolute Gasteiger partial charge is 0.272 e. The van der Waals surface area contributed by atoms with Crippen molar-refractivity contribution in [2.24, 2.45) is 0 Å². The quantitative estimate of drug-likeness (QED) is 0.936. The lowest BCUT2D eigenvalue weighted by Gasteiger charge is -2.26. The molecule has 22 heavy (non-hydrogen) atoms. The van der Waals surface area contributed by atoms with Gasteiger partial charge in [-0.15, -0.1) is 0 Å². The summed E-state index contributed by atoms with van der Waals surface area (Å²) < 4.78 is 0. The Morgan fingerprint density at radius 1 is 1.23 bits per heavy atom. The number of likely N-dealkylation sites (tertiary alicyclic amines) is 1. The molecule has 0 aromatic carbocycles. The minimum atomic E-state index is -0.00784. The van der Waals surface area contributed by atoms with Crippen LogP contribution >= 0.6 is 0 Å². The van der Waals surface area contributed by atoms with Crippen LogP contribution in [0.5, 0.6) is 0 Å². The molecule has 2 aromatic rings. The van der Waals surface area contributed by atoms with Crippen molar-refractivity contribution in [2.45, 2.75) is 25.8 Å². The van der Waals surface area contributed by atoms with Gasteiger partial charge in [0.15, 0.2) is 0 Å². The summed E-state index contributed by atoms with van der Waals surface area (Å²) in [5.41, 5.74) is 1.51. The fourth-order valence-electron chi connectivity index (χ4n) is 2.53. The van der Waals surface area contributed by atoms with Crippen LogP contribution in [0.4, 0.5) is 5.82 Å². The number of hydrogen-bond acceptors (Lipinski definition) is 5. The van der Waals surface area contributed by atoms with Crippen LogP contribution in [0.25, 0.3) is 0 Å². The number of rotatable bonds is 4. The highest BCUT2D eigenvalue weighted by Crippen LogP contribution is 2.13. The first-order valence-electron chi connectivity index (χ1n) is 7.57. The summed E-state index contributed by atoms with van der Waals surface area (Å²) >= 11 is 0. The molecular weight excluding hydrogens is 278 g/mol. The van der Waals surface area contributed by atoms with Crippen LogP contribution < -0.4 is 5.32 Å². The molecule has 0 unspecified atom stereocenters. The predicted octanol–water partition coefficient (Wildman–Crippen LogP) is 2.11. The lowest BCUT2D eigenvalue weighted by atomic mass is 10.1. The van der Waals surface area contributed by atoms with Gasteiger partial charge in [0.2, 0.25) is 0 Å². The molecule has 1 fully saturated rings. The Balaban J connectivity index is 1.65. The Kier molecular flexibility index (Phi) is 4.58. The van der Waals surface area contributed by atoms with E-state index in [1.807, 2.05) is 17.0 Å². The third kappa shape index (κ3) is 3.58. The first-order valence-corrected chi connectivity index (χ1v) is 7.57. The maximum Gasteiger partial charge on any atom is 0.272 e. The number of piperidine rings is 1. The minimum absolute atomic E-state index is 0.00784. The molecule has 0 radical (unpaired) electrons. The van der Waals surface area contributed by atoms with E-state index in [1.165, 1.54) is 12.7 Å². The summed E-state index contributed by atoms with van der Waals surface area (Å²) in [5, 5.41) is 3.20. The first-order chi connectivity index (χ1) is 10.8. The van der Waals surface area contributed by atoms with Crippen molar-refractivity contribution in [3.05, 3.63) is 48.2 Å². The first kappa shape index (κ1) is 14.4. The largest absolute Gasteiger partial charge is 0.366 e. The Morgan fingerprint density at radius 3 is 2.86 bits per heavy atom. The van der Waals surface area contributed by atoms with Gasteiger partial charge in [-0.3, -0.25) is 9.78 Å². The summed E-state index contributed by atoms with van der Waals surface area (Å²) in [6.07, 6.45) is 8.32. The Labute approximate surface area is 129 Å². The molecule has 0 spiro atoms. The second-order valence-corrected chi connectivity index (χ2v) is 5.36. The average molecular weight is 297 g/mol.